The van der Waals surface area contributed by atoms with E-state index in [1.807, 2.05) is 0 Å². The smallest absolute Gasteiger partial charge is 0.0156 e. The standard InChI is InChI=1S/C15H32N2/c1-7-12(3)17(8-2)11-13-9-10-15(4,5)14(13)16-6/h12-14,16H,7-11H2,1-6H3. The second-order valence-corrected chi connectivity index (χ2v) is 6.40. The van der Waals surface area contributed by atoms with Crippen LogP contribution in [0.4, 0.5) is 0 Å². The Morgan fingerprint density at radius 2 is 2.00 bits per heavy atom. The van der Waals surface area contributed by atoms with Gasteiger partial charge in [0.2, 0.25) is 0 Å². The summed E-state index contributed by atoms with van der Waals surface area (Å²) in [5.74, 6) is 0.823. The predicted octanol–water partition coefficient (Wildman–Crippen LogP) is 3.13. The van der Waals surface area contributed by atoms with Crippen LogP contribution in [0.3, 0.4) is 0 Å². The minimum absolute atomic E-state index is 0.467. The molecule has 1 aliphatic rings. The van der Waals surface area contributed by atoms with Gasteiger partial charge in [0.05, 0.1) is 0 Å². The zero-order chi connectivity index (χ0) is 13.1. The van der Waals surface area contributed by atoms with Gasteiger partial charge >= 0.3 is 0 Å². The largest absolute Gasteiger partial charge is 0.316 e. The van der Waals surface area contributed by atoms with E-state index in [4.69, 9.17) is 0 Å². The summed E-state index contributed by atoms with van der Waals surface area (Å²) >= 11 is 0. The van der Waals surface area contributed by atoms with Gasteiger partial charge in [-0.05, 0) is 51.1 Å². The molecule has 0 radical (unpaired) electrons. The van der Waals surface area contributed by atoms with Gasteiger partial charge in [-0.15, -0.1) is 0 Å². The zero-order valence-electron chi connectivity index (χ0n) is 12.7. The lowest BCUT2D eigenvalue weighted by molar-refractivity contribution is 0.156. The van der Waals surface area contributed by atoms with Crippen LogP contribution < -0.4 is 5.32 Å². The van der Waals surface area contributed by atoms with Gasteiger partial charge < -0.3 is 10.2 Å². The first-order chi connectivity index (χ1) is 7.96. The van der Waals surface area contributed by atoms with Gasteiger partial charge in [-0.25, -0.2) is 0 Å². The van der Waals surface area contributed by atoms with Crippen LogP contribution in [0, 0.1) is 11.3 Å². The summed E-state index contributed by atoms with van der Waals surface area (Å²) in [6.45, 7) is 14.2. The van der Waals surface area contributed by atoms with E-state index in [1.165, 1.54) is 32.4 Å². The number of rotatable bonds is 6. The average molecular weight is 240 g/mol. The molecule has 0 aliphatic heterocycles. The number of hydrogen-bond acceptors (Lipinski definition) is 2. The molecule has 3 unspecified atom stereocenters. The van der Waals surface area contributed by atoms with Crippen molar-refractivity contribution in [2.24, 2.45) is 11.3 Å². The van der Waals surface area contributed by atoms with Crippen molar-refractivity contribution < 1.29 is 0 Å². The SMILES string of the molecule is CCC(C)N(CC)CC1CCC(C)(C)C1NC. The van der Waals surface area contributed by atoms with Crippen molar-refractivity contribution in [1.82, 2.24) is 10.2 Å². The molecule has 1 N–H and O–H groups in total. The molecule has 17 heavy (non-hydrogen) atoms. The molecule has 0 aromatic carbocycles. The van der Waals surface area contributed by atoms with Crippen LogP contribution in [0.15, 0.2) is 0 Å². The Morgan fingerprint density at radius 1 is 1.35 bits per heavy atom. The van der Waals surface area contributed by atoms with Crippen LogP contribution >= 0.6 is 0 Å². The van der Waals surface area contributed by atoms with E-state index in [0.29, 0.717) is 11.5 Å². The van der Waals surface area contributed by atoms with Gasteiger partial charge in [0.15, 0.2) is 0 Å². The third-order valence-corrected chi connectivity index (χ3v) is 4.87. The fourth-order valence-corrected chi connectivity index (χ4v) is 3.52. The Hall–Kier alpha value is -0.0800. The van der Waals surface area contributed by atoms with Gasteiger partial charge in [-0.3, -0.25) is 0 Å². The van der Waals surface area contributed by atoms with E-state index in [1.54, 1.807) is 0 Å². The van der Waals surface area contributed by atoms with Crippen molar-refractivity contribution in [1.29, 1.82) is 0 Å². The molecule has 3 atom stereocenters. The van der Waals surface area contributed by atoms with Crippen molar-refractivity contribution >= 4 is 0 Å². The van der Waals surface area contributed by atoms with E-state index in [2.05, 4.69) is 51.9 Å². The summed E-state index contributed by atoms with van der Waals surface area (Å²) in [7, 11) is 2.13. The molecular weight excluding hydrogens is 208 g/mol. The van der Waals surface area contributed by atoms with Gasteiger partial charge in [0.1, 0.15) is 0 Å². The van der Waals surface area contributed by atoms with Crippen molar-refractivity contribution in [2.75, 3.05) is 20.1 Å². The quantitative estimate of drug-likeness (QED) is 0.767. The summed E-state index contributed by atoms with van der Waals surface area (Å²) in [5.41, 5.74) is 0.467. The van der Waals surface area contributed by atoms with Crippen molar-refractivity contribution in [2.45, 2.75) is 66.0 Å². The lowest BCUT2D eigenvalue weighted by Gasteiger charge is -2.35. The monoisotopic (exact) mass is 240 g/mol. The summed E-state index contributed by atoms with van der Waals surface area (Å²) in [6, 6.07) is 1.40. The van der Waals surface area contributed by atoms with E-state index >= 15 is 0 Å². The highest BCUT2D eigenvalue weighted by atomic mass is 15.2. The molecule has 1 fully saturated rings. The Balaban J connectivity index is 2.61. The average Bonchev–Trinajstić information content (AvgIpc) is 2.59. The number of nitrogens with one attached hydrogen (secondary N) is 1. The Labute approximate surface area is 108 Å². The molecule has 0 saturated heterocycles. The van der Waals surface area contributed by atoms with Crippen molar-refractivity contribution in [3.63, 3.8) is 0 Å². The van der Waals surface area contributed by atoms with E-state index in [9.17, 15) is 0 Å². The summed E-state index contributed by atoms with van der Waals surface area (Å²) < 4.78 is 0. The molecular formula is C15H32N2. The topological polar surface area (TPSA) is 15.3 Å². The zero-order valence-corrected chi connectivity index (χ0v) is 12.7. The summed E-state index contributed by atoms with van der Waals surface area (Å²) in [6.07, 6.45) is 4.00. The molecule has 0 spiro atoms. The molecule has 1 aliphatic carbocycles. The van der Waals surface area contributed by atoms with Gasteiger partial charge in [0.25, 0.3) is 0 Å². The maximum absolute atomic E-state index is 3.56. The fourth-order valence-electron chi connectivity index (χ4n) is 3.52. The lowest BCUT2D eigenvalue weighted by atomic mass is 9.84. The Kier molecular flexibility index (Phi) is 5.46. The molecule has 0 bridgehead atoms. The number of nitrogens with zero attached hydrogens (tertiary/aromatic N) is 1. The highest BCUT2D eigenvalue weighted by molar-refractivity contribution is 4.96. The molecule has 0 heterocycles. The van der Waals surface area contributed by atoms with Crippen LogP contribution in [-0.2, 0) is 0 Å². The highest BCUT2D eigenvalue weighted by Crippen LogP contribution is 2.41. The van der Waals surface area contributed by atoms with Crippen molar-refractivity contribution in [3.8, 4) is 0 Å². The van der Waals surface area contributed by atoms with Crippen LogP contribution in [0.5, 0.6) is 0 Å². The van der Waals surface area contributed by atoms with Crippen LogP contribution in [0.2, 0.25) is 0 Å². The second-order valence-electron chi connectivity index (χ2n) is 6.40. The predicted molar refractivity (Wildman–Crippen MR) is 76.4 cm³/mol. The first-order valence-electron chi connectivity index (χ1n) is 7.37. The number of hydrogen-bond donors (Lipinski definition) is 1. The minimum Gasteiger partial charge on any atom is -0.316 e. The molecule has 2 heteroatoms. The Bertz CT molecular complexity index is 225. The third-order valence-electron chi connectivity index (χ3n) is 4.87. The molecule has 0 aromatic heterocycles. The first kappa shape index (κ1) is 15.0. The highest BCUT2D eigenvalue weighted by Gasteiger charge is 2.41. The summed E-state index contributed by atoms with van der Waals surface area (Å²) in [4.78, 5) is 2.65. The van der Waals surface area contributed by atoms with E-state index in [-0.39, 0.29) is 0 Å². The minimum atomic E-state index is 0.467. The maximum Gasteiger partial charge on any atom is 0.0156 e. The third kappa shape index (κ3) is 3.45. The molecule has 1 saturated carbocycles. The Morgan fingerprint density at radius 3 is 2.47 bits per heavy atom. The lowest BCUT2D eigenvalue weighted by Crippen LogP contribution is -2.45. The van der Waals surface area contributed by atoms with Gasteiger partial charge in [-0.1, -0.05) is 27.7 Å². The first-order valence-corrected chi connectivity index (χ1v) is 7.37. The molecule has 102 valence electrons. The second kappa shape index (κ2) is 6.19. The maximum atomic E-state index is 3.56. The molecule has 0 aromatic rings. The van der Waals surface area contributed by atoms with E-state index < -0.39 is 0 Å². The van der Waals surface area contributed by atoms with Crippen LogP contribution in [0.25, 0.3) is 0 Å². The summed E-state index contributed by atoms with van der Waals surface area (Å²) in [5, 5.41) is 3.56. The van der Waals surface area contributed by atoms with Crippen molar-refractivity contribution in [3.05, 3.63) is 0 Å². The van der Waals surface area contributed by atoms with E-state index in [0.717, 1.165) is 12.0 Å². The van der Waals surface area contributed by atoms with Crippen LogP contribution in [-0.4, -0.2) is 37.1 Å². The molecule has 2 nitrogen and oxygen atoms in total. The molecule has 1 rings (SSSR count). The fraction of sp³-hybridized carbons (Fsp3) is 1.00. The normalized spacial score (nSPS) is 29.8. The van der Waals surface area contributed by atoms with Crippen LogP contribution in [0.1, 0.15) is 53.9 Å². The molecule has 0 amide bonds. The van der Waals surface area contributed by atoms with Gasteiger partial charge in [-0.2, -0.15) is 0 Å². The van der Waals surface area contributed by atoms with Gasteiger partial charge in [0, 0.05) is 18.6 Å².